The number of pyridine rings is 1. The van der Waals surface area contributed by atoms with Gasteiger partial charge in [0.2, 0.25) is 0 Å². The van der Waals surface area contributed by atoms with E-state index in [2.05, 4.69) is 31.5 Å². The highest BCUT2D eigenvalue weighted by atomic mass is 79.9. The molecule has 2 rings (SSSR count). The van der Waals surface area contributed by atoms with Gasteiger partial charge in [-0.15, -0.1) is 0 Å². The van der Waals surface area contributed by atoms with E-state index in [1.165, 1.54) is 0 Å². The molecule has 0 saturated heterocycles. The minimum absolute atomic E-state index is 0.214. The largest absolute Gasteiger partial charge is 0.495 e. The van der Waals surface area contributed by atoms with Gasteiger partial charge in [0.25, 0.3) is 5.91 Å². The predicted octanol–water partition coefficient (Wildman–Crippen LogP) is 3.46. The Morgan fingerprint density at radius 3 is 2.71 bits per heavy atom. The quantitative estimate of drug-likeness (QED) is 0.887. The SMILES string of the molecule is CNc1cc(C(=O)Nc2cc(Br)ccc2OC)cc(C)n1. The lowest BCUT2D eigenvalue weighted by Gasteiger charge is -2.11. The molecule has 0 saturated carbocycles. The molecule has 1 heterocycles. The number of methoxy groups -OCH3 is 1. The molecule has 0 bridgehead atoms. The van der Waals surface area contributed by atoms with E-state index in [-0.39, 0.29) is 5.91 Å². The zero-order valence-corrected chi connectivity index (χ0v) is 13.6. The van der Waals surface area contributed by atoms with Gasteiger partial charge < -0.3 is 15.4 Å². The molecule has 0 aliphatic rings. The number of aromatic nitrogens is 1. The zero-order chi connectivity index (χ0) is 15.4. The van der Waals surface area contributed by atoms with E-state index in [4.69, 9.17) is 4.74 Å². The van der Waals surface area contributed by atoms with Crippen LogP contribution in [0.3, 0.4) is 0 Å². The zero-order valence-electron chi connectivity index (χ0n) is 12.0. The molecular weight excluding hydrogens is 334 g/mol. The Kier molecular flexibility index (Phi) is 4.80. The highest BCUT2D eigenvalue weighted by Gasteiger charge is 2.12. The Balaban J connectivity index is 2.30. The number of halogens is 1. The molecule has 1 amide bonds. The molecule has 1 aromatic carbocycles. The third-order valence-electron chi connectivity index (χ3n) is 2.88. The highest BCUT2D eigenvalue weighted by Crippen LogP contribution is 2.28. The lowest BCUT2D eigenvalue weighted by atomic mass is 10.2. The van der Waals surface area contributed by atoms with Gasteiger partial charge in [0.05, 0.1) is 12.8 Å². The molecule has 5 nitrogen and oxygen atoms in total. The fourth-order valence-corrected chi connectivity index (χ4v) is 2.26. The number of anilines is 2. The van der Waals surface area contributed by atoms with Crippen LogP contribution in [0.15, 0.2) is 34.8 Å². The Labute approximate surface area is 131 Å². The number of carbonyl (C=O) groups excluding carboxylic acids is 1. The monoisotopic (exact) mass is 349 g/mol. The number of rotatable bonds is 4. The van der Waals surface area contributed by atoms with Crippen molar-refractivity contribution in [3.05, 3.63) is 46.1 Å². The summed E-state index contributed by atoms with van der Waals surface area (Å²) in [5.74, 6) is 1.04. The number of hydrogen-bond acceptors (Lipinski definition) is 4. The number of nitrogens with one attached hydrogen (secondary N) is 2. The first kappa shape index (κ1) is 15.3. The van der Waals surface area contributed by atoms with Crippen LogP contribution >= 0.6 is 15.9 Å². The molecule has 0 spiro atoms. The van der Waals surface area contributed by atoms with Gasteiger partial charge in [0.1, 0.15) is 11.6 Å². The van der Waals surface area contributed by atoms with Crippen molar-refractivity contribution in [1.29, 1.82) is 0 Å². The average molecular weight is 350 g/mol. The summed E-state index contributed by atoms with van der Waals surface area (Å²) in [6.45, 7) is 1.84. The topological polar surface area (TPSA) is 63.2 Å². The number of benzene rings is 1. The molecule has 0 radical (unpaired) electrons. The number of aryl methyl sites for hydroxylation is 1. The summed E-state index contributed by atoms with van der Waals surface area (Å²) in [6, 6.07) is 8.87. The minimum atomic E-state index is -0.214. The van der Waals surface area contributed by atoms with Gasteiger partial charge in [-0.05, 0) is 37.3 Å². The maximum absolute atomic E-state index is 12.4. The Morgan fingerprint density at radius 2 is 2.05 bits per heavy atom. The summed E-state index contributed by atoms with van der Waals surface area (Å²) in [5.41, 5.74) is 1.92. The van der Waals surface area contributed by atoms with E-state index in [0.717, 1.165) is 10.2 Å². The first-order valence-electron chi connectivity index (χ1n) is 6.35. The summed E-state index contributed by atoms with van der Waals surface area (Å²) in [4.78, 5) is 16.6. The molecule has 2 N–H and O–H groups in total. The van der Waals surface area contributed by atoms with Crippen molar-refractivity contribution in [2.24, 2.45) is 0 Å². The van der Waals surface area contributed by atoms with Crippen LogP contribution in [0.25, 0.3) is 0 Å². The molecular formula is C15H16BrN3O2. The Bertz CT molecular complexity index is 674. The Morgan fingerprint density at radius 1 is 1.29 bits per heavy atom. The third-order valence-corrected chi connectivity index (χ3v) is 3.37. The second-order valence-corrected chi connectivity index (χ2v) is 5.35. The van der Waals surface area contributed by atoms with Gasteiger partial charge in [-0.2, -0.15) is 0 Å². The van der Waals surface area contributed by atoms with Crippen LogP contribution in [0.4, 0.5) is 11.5 Å². The molecule has 6 heteroatoms. The maximum Gasteiger partial charge on any atom is 0.255 e. The second-order valence-electron chi connectivity index (χ2n) is 4.43. The number of ether oxygens (including phenoxy) is 1. The molecule has 110 valence electrons. The average Bonchev–Trinajstić information content (AvgIpc) is 2.46. The fourth-order valence-electron chi connectivity index (χ4n) is 1.90. The minimum Gasteiger partial charge on any atom is -0.495 e. The van der Waals surface area contributed by atoms with E-state index in [1.54, 1.807) is 38.4 Å². The first-order chi connectivity index (χ1) is 10.0. The van der Waals surface area contributed by atoms with Crippen molar-refractivity contribution < 1.29 is 9.53 Å². The summed E-state index contributed by atoms with van der Waals surface area (Å²) >= 11 is 3.38. The molecule has 0 unspecified atom stereocenters. The number of amides is 1. The van der Waals surface area contributed by atoms with E-state index in [9.17, 15) is 4.79 Å². The van der Waals surface area contributed by atoms with Crippen molar-refractivity contribution in [3.8, 4) is 5.75 Å². The van der Waals surface area contributed by atoms with Gasteiger partial charge in [-0.1, -0.05) is 15.9 Å². The third kappa shape index (κ3) is 3.72. The molecule has 0 aliphatic carbocycles. The molecule has 0 fully saturated rings. The highest BCUT2D eigenvalue weighted by molar-refractivity contribution is 9.10. The molecule has 0 atom stereocenters. The molecule has 1 aromatic heterocycles. The summed E-state index contributed by atoms with van der Waals surface area (Å²) in [6.07, 6.45) is 0. The van der Waals surface area contributed by atoms with Gasteiger partial charge in [0, 0.05) is 22.8 Å². The van der Waals surface area contributed by atoms with Crippen LogP contribution in [0.5, 0.6) is 5.75 Å². The molecule has 2 aromatic rings. The first-order valence-corrected chi connectivity index (χ1v) is 7.14. The van der Waals surface area contributed by atoms with Crippen molar-refractivity contribution in [1.82, 2.24) is 4.98 Å². The van der Waals surface area contributed by atoms with Crippen molar-refractivity contribution >= 4 is 33.3 Å². The maximum atomic E-state index is 12.4. The smallest absolute Gasteiger partial charge is 0.255 e. The van der Waals surface area contributed by atoms with Crippen molar-refractivity contribution in [3.63, 3.8) is 0 Å². The van der Waals surface area contributed by atoms with Crippen LogP contribution in [-0.2, 0) is 0 Å². The van der Waals surface area contributed by atoms with Gasteiger partial charge in [-0.25, -0.2) is 4.98 Å². The van der Waals surface area contributed by atoms with Crippen LogP contribution in [0.2, 0.25) is 0 Å². The number of nitrogens with zero attached hydrogens (tertiary/aromatic N) is 1. The van der Waals surface area contributed by atoms with E-state index >= 15 is 0 Å². The number of carbonyl (C=O) groups is 1. The van der Waals surface area contributed by atoms with E-state index < -0.39 is 0 Å². The summed E-state index contributed by atoms with van der Waals surface area (Å²) < 4.78 is 6.11. The van der Waals surface area contributed by atoms with Gasteiger partial charge in [0.15, 0.2) is 0 Å². The Hall–Kier alpha value is -2.08. The van der Waals surface area contributed by atoms with Crippen molar-refractivity contribution in [2.75, 3.05) is 24.8 Å². The lowest BCUT2D eigenvalue weighted by Crippen LogP contribution is -2.13. The van der Waals surface area contributed by atoms with Gasteiger partial charge in [-0.3, -0.25) is 4.79 Å². The fraction of sp³-hybridized carbons (Fsp3) is 0.200. The lowest BCUT2D eigenvalue weighted by molar-refractivity contribution is 0.102. The summed E-state index contributed by atoms with van der Waals surface area (Å²) in [7, 11) is 3.33. The van der Waals surface area contributed by atoms with Crippen LogP contribution in [0, 0.1) is 6.92 Å². The van der Waals surface area contributed by atoms with Crippen LogP contribution in [0.1, 0.15) is 16.1 Å². The number of hydrogen-bond donors (Lipinski definition) is 2. The summed E-state index contributed by atoms with van der Waals surface area (Å²) in [5, 5.41) is 5.78. The van der Waals surface area contributed by atoms with Crippen molar-refractivity contribution in [2.45, 2.75) is 6.92 Å². The normalized spacial score (nSPS) is 10.1. The van der Waals surface area contributed by atoms with E-state index in [1.807, 2.05) is 13.0 Å². The predicted molar refractivity (Wildman–Crippen MR) is 87.2 cm³/mol. The van der Waals surface area contributed by atoms with Crippen LogP contribution < -0.4 is 15.4 Å². The molecule has 0 aliphatic heterocycles. The second kappa shape index (κ2) is 6.58. The van der Waals surface area contributed by atoms with Crippen LogP contribution in [-0.4, -0.2) is 25.0 Å². The van der Waals surface area contributed by atoms with E-state index in [0.29, 0.717) is 22.8 Å². The standard InChI is InChI=1S/C15H16BrN3O2/c1-9-6-10(7-14(17-2)18-9)15(20)19-12-8-11(16)4-5-13(12)21-3/h4-8H,1-3H3,(H,17,18)(H,19,20). The molecule has 21 heavy (non-hydrogen) atoms. The van der Waals surface area contributed by atoms with Gasteiger partial charge >= 0.3 is 0 Å².